The van der Waals surface area contributed by atoms with Crippen LogP contribution in [0.25, 0.3) is 0 Å². The topological polar surface area (TPSA) is 292 Å². The largest absolute Gasteiger partial charge is 0.472 e. The number of amidine groups is 2. The number of Topliss-reactive ketones (excluding diaryl/α,β-unsaturated/α-hetero) is 7. The van der Waals surface area contributed by atoms with Gasteiger partial charge in [-0.05, 0) is 144 Å². The van der Waals surface area contributed by atoms with Gasteiger partial charge in [0.25, 0.3) is 12.0 Å². The van der Waals surface area contributed by atoms with Gasteiger partial charge in [0.15, 0.2) is 34.7 Å². The van der Waals surface area contributed by atoms with E-state index in [2.05, 4.69) is 20.6 Å². The minimum absolute atomic E-state index is 0.0296. The molecule has 4 saturated carbocycles. The number of aliphatic imine (C=N–C) groups is 2. The summed E-state index contributed by atoms with van der Waals surface area (Å²) < 4.78 is 24.1. The number of carbonyl (C=O) groups is 9. The molecule has 0 aromatic carbocycles. The Morgan fingerprint density at radius 2 is 0.991 bits per heavy atom. The maximum absolute atomic E-state index is 14.9. The SMILES string of the molecule is CCC[C@H](CC(=O)[C@@H]1C[C@@H](Oc2ccc(Cl)cn2)CN1C(=O)[C@@H](CC(=O)[C@@H](N=C1NC(C)(C)CO1)C1CCCCC1)C(C)(C)C)C(=O)C(=O)CC1CC1.CCC[C@H](CC(=O)[C@@H]1C[C@@H](Oc2ccc(Cl)cn2)CN1C(=O)[C@@H](CC(=O)[C@@H](N=C1NC(C)(C)CO1)C1CCCCC1)C(C)(C)C)C(O)C(=O)CC1CC1. The standard InChI is InChI=1S/C41H61ClN4O7.C41H59ClN4O7/c2*1-7-11-27(37(50)34(49)18-25-14-15-25)19-32(47)31-20-29(53-35-17-16-28(42)22-43-35)23-46(31)38(51)30(40(2,3)4)21-33(48)36(26-12-9-8-10-13-26)44-39-45-41(5,6)24-52-39/h16-17,22,25-27,29-31,36-37,50H,7-15,18-21,23-24H2,1-6H3,(H,44,45);16-17,22,25-27,29-31,36H,7-15,18-21,23-24H2,1-6H3,(H,44,45)/t27-,29-,30-,31+,36+,37?;27-,29-,30-,31+,36+/m11/s1. The molecule has 106 heavy (non-hydrogen) atoms. The van der Waals surface area contributed by atoms with Crippen LogP contribution in [0, 0.1) is 58.2 Å². The molecule has 24 heteroatoms. The molecule has 4 aliphatic heterocycles. The van der Waals surface area contributed by atoms with E-state index in [1.807, 2.05) is 83.1 Å². The third kappa shape index (κ3) is 23.8. The van der Waals surface area contributed by atoms with Gasteiger partial charge in [0.2, 0.25) is 29.4 Å². The number of nitrogens with zero attached hydrogens (tertiary/aromatic N) is 6. The lowest BCUT2D eigenvalue weighted by atomic mass is 9.74. The number of pyridine rings is 2. The second kappa shape index (κ2) is 36.9. The molecule has 0 radical (unpaired) electrons. The number of aliphatic hydroxyl groups is 1. The maximum atomic E-state index is 14.9. The smallest absolute Gasteiger partial charge is 0.285 e. The zero-order valence-electron chi connectivity index (χ0n) is 65.0. The van der Waals surface area contributed by atoms with Crippen molar-refractivity contribution < 1.29 is 67.2 Å². The highest BCUT2D eigenvalue weighted by atomic mass is 35.5. The molecule has 0 bridgehead atoms. The summed E-state index contributed by atoms with van der Waals surface area (Å²) in [5.41, 5.74) is -1.86. The Hall–Kier alpha value is -6.39. The minimum Gasteiger partial charge on any atom is -0.472 e. The van der Waals surface area contributed by atoms with Gasteiger partial charge in [-0.25, -0.2) is 20.0 Å². The van der Waals surface area contributed by atoms with E-state index in [0.29, 0.717) is 85.1 Å². The van der Waals surface area contributed by atoms with Gasteiger partial charge in [0, 0.05) is 93.6 Å². The number of likely N-dealkylation sites (tertiary alicyclic amines) is 2. The molecule has 2 aromatic heterocycles. The van der Waals surface area contributed by atoms with Gasteiger partial charge in [0.05, 0.1) is 46.3 Å². The summed E-state index contributed by atoms with van der Waals surface area (Å²) in [6, 6.07) is 4.32. The summed E-state index contributed by atoms with van der Waals surface area (Å²) >= 11 is 12.1. The fraction of sp³-hybridized carbons (Fsp3) is 0.744. The van der Waals surface area contributed by atoms with E-state index in [4.69, 9.17) is 52.1 Å². The Kier molecular flexibility index (Phi) is 29.1. The predicted molar refractivity (Wildman–Crippen MR) is 406 cm³/mol. The zero-order chi connectivity index (χ0) is 77.0. The lowest BCUT2D eigenvalue weighted by Crippen LogP contribution is -2.49. The van der Waals surface area contributed by atoms with Crippen molar-refractivity contribution in [1.82, 2.24) is 30.4 Å². The third-order valence-corrected chi connectivity index (χ3v) is 23.1. The number of hydrogen-bond donors (Lipinski definition) is 3. The first-order valence-corrected chi connectivity index (χ1v) is 40.4. The van der Waals surface area contributed by atoms with Crippen LogP contribution in [-0.4, -0.2) is 169 Å². The first-order chi connectivity index (χ1) is 50.1. The van der Waals surface area contributed by atoms with E-state index in [1.54, 1.807) is 34.1 Å². The van der Waals surface area contributed by atoms with Crippen molar-refractivity contribution in [3.8, 4) is 11.8 Å². The Balaban J connectivity index is 0.000000245. The normalized spacial score (nSPS) is 24.6. The molecule has 11 atom stereocenters. The molecule has 4 saturated heterocycles. The van der Waals surface area contributed by atoms with Gasteiger partial charge < -0.3 is 44.5 Å². The molecular formula is C82H120Cl2N8O14. The summed E-state index contributed by atoms with van der Waals surface area (Å²) in [4.78, 5) is 148. The summed E-state index contributed by atoms with van der Waals surface area (Å²) in [7, 11) is 0. The lowest BCUT2D eigenvalue weighted by Gasteiger charge is -2.36. The zero-order valence-corrected chi connectivity index (χ0v) is 66.5. The van der Waals surface area contributed by atoms with E-state index in [-0.39, 0.29) is 128 Å². The minimum atomic E-state index is -1.22. The predicted octanol–water partition coefficient (Wildman–Crippen LogP) is 13.2. The average molecular weight is 1510 g/mol. The van der Waals surface area contributed by atoms with Crippen molar-refractivity contribution in [3.63, 3.8) is 0 Å². The van der Waals surface area contributed by atoms with Gasteiger partial charge >= 0.3 is 0 Å². The molecule has 586 valence electrons. The lowest BCUT2D eigenvalue weighted by molar-refractivity contribution is -0.147. The third-order valence-electron chi connectivity index (χ3n) is 22.7. The second-order valence-corrected chi connectivity index (χ2v) is 36.2. The van der Waals surface area contributed by atoms with Gasteiger partial charge in [-0.2, -0.15) is 0 Å². The summed E-state index contributed by atoms with van der Waals surface area (Å²) in [5, 5.41) is 18.6. The van der Waals surface area contributed by atoms with Crippen LogP contribution < -0.4 is 20.1 Å². The van der Waals surface area contributed by atoms with Crippen molar-refractivity contribution in [2.45, 2.75) is 304 Å². The summed E-state index contributed by atoms with van der Waals surface area (Å²) in [6.07, 6.45) is 17.4. The Morgan fingerprint density at radius 3 is 1.36 bits per heavy atom. The quantitative estimate of drug-likeness (QED) is 0.0549. The average Bonchev–Trinajstić information content (AvgIpc) is 1.58. The highest BCUT2D eigenvalue weighted by molar-refractivity contribution is 6.38. The number of ketones is 7. The van der Waals surface area contributed by atoms with Crippen LogP contribution in [0.5, 0.6) is 11.8 Å². The first kappa shape index (κ1) is 83.6. The Labute approximate surface area is 638 Å². The monoisotopic (exact) mass is 1510 g/mol. The second-order valence-electron chi connectivity index (χ2n) is 35.3. The van der Waals surface area contributed by atoms with Crippen LogP contribution in [-0.2, 0) is 52.6 Å². The number of amides is 2. The molecule has 8 aliphatic rings. The molecule has 2 amide bonds. The summed E-state index contributed by atoms with van der Waals surface area (Å²) in [5.74, 6) is -3.86. The van der Waals surface area contributed by atoms with Crippen molar-refractivity contribution >= 4 is 87.5 Å². The van der Waals surface area contributed by atoms with E-state index in [9.17, 15) is 48.3 Å². The van der Waals surface area contributed by atoms with Crippen LogP contribution >= 0.6 is 23.2 Å². The highest BCUT2D eigenvalue weighted by Gasteiger charge is 2.50. The number of carbonyl (C=O) groups excluding carboxylic acids is 9. The number of halogens is 2. The van der Waals surface area contributed by atoms with E-state index < -0.39 is 88.5 Å². The van der Waals surface area contributed by atoms with Gasteiger partial charge in [-0.15, -0.1) is 0 Å². The van der Waals surface area contributed by atoms with Gasteiger partial charge in [0.1, 0.15) is 43.6 Å². The van der Waals surface area contributed by atoms with Crippen molar-refractivity contribution in [1.29, 1.82) is 0 Å². The maximum Gasteiger partial charge on any atom is 0.285 e. The summed E-state index contributed by atoms with van der Waals surface area (Å²) in [6.45, 7) is 24.8. The van der Waals surface area contributed by atoms with Crippen LogP contribution in [0.1, 0.15) is 250 Å². The molecule has 1 unspecified atom stereocenters. The molecule has 22 nitrogen and oxygen atoms in total. The number of hydrogen-bond acceptors (Lipinski definition) is 18. The Bertz CT molecular complexity index is 3460. The number of aromatic nitrogens is 2. The van der Waals surface area contributed by atoms with E-state index in [0.717, 1.165) is 89.9 Å². The van der Waals surface area contributed by atoms with Crippen molar-refractivity contribution in [3.05, 3.63) is 46.7 Å². The van der Waals surface area contributed by atoms with Crippen LogP contribution in [0.15, 0.2) is 46.6 Å². The molecular weight excluding hydrogens is 1390 g/mol. The highest BCUT2D eigenvalue weighted by Crippen LogP contribution is 2.42. The number of aliphatic hydroxyl groups excluding tert-OH is 1. The fourth-order valence-corrected chi connectivity index (χ4v) is 16.3. The molecule has 10 rings (SSSR count). The number of rotatable bonds is 34. The van der Waals surface area contributed by atoms with Gasteiger partial charge in [-0.3, -0.25) is 43.2 Å². The van der Waals surface area contributed by atoms with Gasteiger partial charge in [-0.1, -0.05) is 130 Å². The first-order valence-electron chi connectivity index (χ1n) is 39.6. The van der Waals surface area contributed by atoms with Crippen LogP contribution in [0.3, 0.4) is 0 Å². The molecule has 8 fully saturated rings. The number of ether oxygens (including phenoxy) is 4. The molecule has 6 heterocycles. The molecule has 3 N–H and O–H groups in total. The van der Waals surface area contributed by atoms with Crippen molar-refractivity contribution in [2.24, 2.45) is 68.2 Å². The van der Waals surface area contributed by atoms with Crippen LogP contribution in [0.4, 0.5) is 0 Å². The van der Waals surface area contributed by atoms with Crippen molar-refractivity contribution in [2.75, 3.05) is 26.3 Å². The van der Waals surface area contributed by atoms with E-state index >= 15 is 0 Å². The molecule has 4 aliphatic carbocycles. The molecule has 0 spiro atoms. The van der Waals surface area contributed by atoms with Crippen LogP contribution in [0.2, 0.25) is 10.0 Å². The fourth-order valence-electron chi connectivity index (χ4n) is 16.1. The van der Waals surface area contributed by atoms with E-state index in [1.165, 1.54) is 12.4 Å². The Morgan fingerprint density at radius 1 is 0.575 bits per heavy atom. The number of nitrogens with one attached hydrogen (secondary N) is 2. The molecule has 2 aromatic rings.